The van der Waals surface area contributed by atoms with E-state index in [-0.39, 0.29) is 18.1 Å². The lowest BCUT2D eigenvalue weighted by molar-refractivity contribution is -0.116. The number of carbonyl (C=O) groups excluding carboxylic acids is 1. The van der Waals surface area contributed by atoms with Crippen molar-refractivity contribution in [2.24, 2.45) is 5.92 Å². The Balaban J connectivity index is 1.76. The molecule has 3 N–H and O–H groups in total. The van der Waals surface area contributed by atoms with E-state index in [0.717, 1.165) is 37.1 Å². The maximum Gasteiger partial charge on any atom is 0.225 e. The van der Waals surface area contributed by atoms with Gasteiger partial charge in [0.1, 0.15) is 0 Å². The third kappa shape index (κ3) is 4.82. The molecule has 0 aromatic heterocycles. The molecule has 1 aromatic carbocycles. The number of aryl methyl sites for hydroxylation is 2. The van der Waals surface area contributed by atoms with Gasteiger partial charge in [-0.25, -0.2) is 0 Å². The number of aliphatic hydroxyl groups excluding tert-OH is 1. The molecule has 2 rings (SSSR count). The highest BCUT2D eigenvalue weighted by molar-refractivity contribution is 5.91. The number of amides is 1. The fourth-order valence-electron chi connectivity index (χ4n) is 3.11. The topological polar surface area (TPSA) is 61.4 Å². The molecule has 1 saturated carbocycles. The van der Waals surface area contributed by atoms with Gasteiger partial charge in [0.05, 0.1) is 6.10 Å². The molecular weight excluding hydrogens is 276 g/mol. The van der Waals surface area contributed by atoms with E-state index >= 15 is 0 Å². The molecular formula is C18H28N2O2. The van der Waals surface area contributed by atoms with Gasteiger partial charge in [-0.3, -0.25) is 4.79 Å². The van der Waals surface area contributed by atoms with Crippen LogP contribution in [0.25, 0.3) is 0 Å². The summed E-state index contributed by atoms with van der Waals surface area (Å²) in [7, 11) is 0. The number of hydrogen-bond donors (Lipinski definition) is 3. The van der Waals surface area contributed by atoms with Crippen LogP contribution in [0.3, 0.4) is 0 Å². The maximum atomic E-state index is 12.1. The van der Waals surface area contributed by atoms with Crippen molar-refractivity contribution in [2.75, 3.05) is 11.9 Å². The minimum Gasteiger partial charge on any atom is -0.393 e. The van der Waals surface area contributed by atoms with Gasteiger partial charge in [-0.2, -0.15) is 0 Å². The second kappa shape index (κ2) is 7.75. The zero-order valence-electron chi connectivity index (χ0n) is 13.9. The lowest BCUT2D eigenvalue weighted by Crippen LogP contribution is -2.36. The minimum absolute atomic E-state index is 0.0268. The molecule has 1 aromatic rings. The van der Waals surface area contributed by atoms with Crippen molar-refractivity contribution in [3.8, 4) is 0 Å². The van der Waals surface area contributed by atoms with Crippen LogP contribution < -0.4 is 10.6 Å². The number of rotatable bonds is 6. The molecule has 1 fully saturated rings. The molecule has 1 aliphatic carbocycles. The van der Waals surface area contributed by atoms with Gasteiger partial charge in [-0.15, -0.1) is 0 Å². The van der Waals surface area contributed by atoms with E-state index in [1.165, 1.54) is 5.56 Å². The average Bonchev–Trinajstić information content (AvgIpc) is 2.85. The molecule has 0 saturated heterocycles. The summed E-state index contributed by atoms with van der Waals surface area (Å²) in [5.74, 6) is 0.365. The van der Waals surface area contributed by atoms with E-state index in [0.29, 0.717) is 12.3 Å². The van der Waals surface area contributed by atoms with Crippen LogP contribution in [0.1, 0.15) is 43.7 Å². The normalized spacial score (nSPS) is 22.5. The van der Waals surface area contributed by atoms with Crippen LogP contribution in [0, 0.1) is 19.8 Å². The zero-order valence-corrected chi connectivity index (χ0v) is 13.9. The first-order valence-electron chi connectivity index (χ1n) is 8.24. The summed E-state index contributed by atoms with van der Waals surface area (Å²) < 4.78 is 0. The zero-order chi connectivity index (χ0) is 16.1. The SMILES string of the molecule is Cc1ccc(NC(=O)CC(C)NCC2CCCC2O)c(C)c1. The van der Waals surface area contributed by atoms with Gasteiger partial charge in [0.25, 0.3) is 0 Å². The summed E-state index contributed by atoms with van der Waals surface area (Å²) in [6, 6.07) is 6.14. The van der Waals surface area contributed by atoms with Gasteiger partial charge in [0.2, 0.25) is 5.91 Å². The second-order valence-electron chi connectivity index (χ2n) is 6.64. The first kappa shape index (κ1) is 17.0. The molecule has 1 aliphatic rings. The third-order valence-electron chi connectivity index (χ3n) is 4.50. The lowest BCUT2D eigenvalue weighted by Gasteiger charge is -2.19. The van der Waals surface area contributed by atoms with E-state index in [1.807, 2.05) is 32.9 Å². The van der Waals surface area contributed by atoms with Crippen LogP contribution in [0.5, 0.6) is 0 Å². The Morgan fingerprint density at radius 2 is 2.14 bits per heavy atom. The van der Waals surface area contributed by atoms with Gasteiger partial charge < -0.3 is 15.7 Å². The van der Waals surface area contributed by atoms with Crippen molar-refractivity contribution in [1.82, 2.24) is 5.32 Å². The summed E-state index contributed by atoms with van der Waals surface area (Å²) in [4.78, 5) is 12.1. The first-order chi connectivity index (χ1) is 10.5. The third-order valence-corrected chi connectivity index (χ3v) is 4.50. The second-order valence-corrected chi connectivity index (χ2v) is 6.64. The number of benzene rings is 1. The van der Waals surface area contributed by atoms with Crippen LogP contribution in [-0.4, -0.2) is 29.7 Å². The summed E-state index contributed by atoms with van der Waals surface area (Å²) in [6.45, 7) is 6.86. The average molecular weight is 304 g/mol. The molecule has 1 amide bonds. The van der Waals surface area contributed by atoms with Gasteiger partial charge >= 0.3 is 0 Å². The summed E-state index contributed by atoms with van der Waals surface area (Å²) in [5.41, 5.74) is 3.16. The summed E-state index contributed by atoms with van der Waals surface area (Å²) >= 11 is 0. The largest absolute Gasteiger partial charge is 0.393 e. The molecule has 0 radical (unpaired) electrons. The van der Waals surface area contributed by atoms with Crippen molar-refractivity contribution >= 4 is 11.6 Å². The van der Waals surface area contributed by atoms with E-state index in [4.69, 9.17) is 0 Å². The van der Waals surface area contributed by atoms with Gasteiger partial charge in [-0.05, 0) is 51.2 Å². The molecule has 122 valence electrons. The van der Waals surface area contributed by atoms with Crippen LogP contribution in [0.15, 0.2) is 18.2 Å². The molecule has 4 nitrogen and oxygen atoms in total. The number of carbonyl (C=O) groups is 1. The quantitative estimate of drug-likeness (QED) is 0.757. The highest BCUT2D eigenvalue weighted by atomic mass is 16.3. The highest BCUT2D eigenvalue weighted by Crippen LogP contribution is 2.24. The van der Waals surface area contributed by atoms with Crippen LogP contribution in [0.4, 0.5) is 5.69 Å². The van der Waals surface area contributed by atoms with Gasteiger partial charge in [0.15, 0.2) is 0 Å². The summed E-state index contributed by atoms with van der Waals surface area (Å²) in [6.07, 6.45) is 3.36. The Morgan fingerprint density at radius 1 is 1.36 bits per heavy atom. The van der Waals surface area contributed by atoms with E-state index in [2.05, 4.69) is 16.7 Å². The number of aliphatic hydroxyl groups is 1. The monoisotopic (exact) mass is 304 g/mol. The first-order valence-corrected chi connectivity index (χ1v) is 8.24. The van der Waals surface area contributed by atoms with Crippen LogP contribution in [0.2, 0.25) is 0 Å². The Labute approximate surface area is 133 Å². The van der Waals surface area contributed by atoms with Gasteiger partial charge in [0, 0.05) is 24.7 Å². The smallest absolute Gasteiger partial charge is 0.225 e. The molecule has 22 heavy (non-hydrogen) atoms. The van der Waals surface area contributed by atoms with Crippen LogP contribution in [-0.2, 0) is 4.79 Å². The predicted octanol–water partition coefficient (Wildman–Crippen LogP) is 2.77. The molecule has 0 heterocycles. The Morgan fingerprint density at radius 3 is 2.77 bits per heavy atom. The standard InChI is InChI=1S/C18H28N2O2/c1-12-7-8-16(13(2)9-12)20-18(22)10-14(3)19-11-15-5-4-6-17(15)21/h7-9,14-15,17,19,21H,4-6,10-11H2,1-3H3,(H,20,22). The Bertz CT molecular complexity index is 516. The van der Waals surface area contributed by atoms with Gasteiger partial charge in [-0.1, -0.05) is 24.1 Å². The number of nitrogens with one attached hydrogen (secondary N) is 2. The van der Waals surface area contributed by atoms with Crippen molar-refractivity contribution in [2.45, 2.75) is 58.6 Å². The predicted molar refractivity (Wildman–Crippen MR) is 90.0 cm³/mol. The van der Waals surface area contributed by atoms with E-state index < -0.39 is 0 Å². The Hall–Kier alpha value is -1.39. The van der Waals surface area contributed by atoms with Crippen molar-refractivity contribution < 1.29 is 9.90 Å². The highest BCUT2D eigenvalue weighted by Gasteiger charge is 2.25. The Kier molecular flexibility index (Phi) is 5.98. The van der Waals surface area contributed by atoms with E-state index in [9.17, 15) is 9.90 Å². The molecule has 3 unspecified atom stereocenters. The lowest BCUT2D eigenvalue weighted by atomic mass is 10.1. The minimum atomic E-state index is -0.177. The fourth-order valence-corrected chi connectivity index (χ4v) is 3.11. The maximum absolute atomic E-state index is 12.1. The van der Waals surface area contributed by atoms with Crippen LogP contribution >= 0.6 is 0 Å². The molecule has 0 bridgehead atoms. The fraction of sp³-hybridized carbons (Fsp3) is 0.611. The van der Waals surface area contributed by atoms with Crippen molar-refractivity contribution in [3.63, 3.8) is 0 Å². The molecule has 0 aliphatic heterocycles. The van der Waals surface area contributed by atoms with Crippen molar-refractivity contribution in [1.29, 1.82) is 0 Å². The van der Waals surface area contributed by atoms with Crippen molar-refractivity contribution in [3.05, 3.63) is 29.3 Å². The molecule has 3 atom stereocenters. The number of anilines is 1. The summed E-state index contributed by atoms with van der Waals surface area (Å²) in [5, 5.41) is 16.2. The number of hydrogen-bond acceptors (Lipinski definition) is 3. The van der Waals surface area contributed by atoms with E-state index in [1.54, 1.807) is 0 Å². The molecule has 4 heteroatoms. The molecule has 0 spiro atoms.